The minimum atomic E-state index is -0.241. The van der Waals surface area contributed by atoms with E-state index in [4.69, 9.17) is 15.5 Å². The summed E-state index contributed by atoms with van der Waals surface area (Å²) in [5.74, 6) is 1.59. The van der Waals surface area contributed by atoms with E-state index in [1.54, 1.807) is 11.8 Å². The predicted molar refractivity (Wildman–Crippen MR) is 71.1 cm³/mol. The molecule has 3 rings (SSSR count). The Morgan fingerprint density at radius 3 is 3.00 bits per heavy atom. The second kappa shape index (κ2) is 4.35. The number of thioether (sulfide) groups is 1. The van der Waals surface area contributed by atoms with Crippen molar-refractivity contribution in [2.24, 2.45) is 16.6 Å². The van der Waals surface area contributed by atoms with Crippen molar-refractivity contribution in [1.82, 2.24) is 0 Å². The zero-order valence-electron chi connectivity index (χ0n) is 9.63. The van der Waals surface area contributed by atoms with Crippen LogP contribution in [0.2, 0.25) is 0 Å². The third-order valence-corrected chi connectivity index (χ3v) is 4.58. The Bertz CT molecular complexity index is 434. The van der Waals surface area contributed by atoms with Crippen molar-refractivity contribution < 1.29 is 4.74 Å². The Morgan fingerprint density at radius 2 is 2.18 bits per heavy atom. The van der Waals surface area contributed by atoms with Crippen molar-refractivity contribution in [3.05, 3.63) is 35.9 Å². The molecule has 0 spiro atoms. The van der Waals surface area contributed by atoms with Crippen LogP contribution < -0.4 is 5.73 Å². The number of nitrogens with two attached hydrogens (primary N) is 1. The number of rotatable bonds is 1. The van der Waals surface area contributed by atoms with Gasteiger partial charge in [0.25, 0.3) is 0 Å². The fourth-order valence-electron chi connectivity index (χ4n) is 2.68. The van der Waals surface area contributed by atoms with Gasteiger partial charge in [-0.2, -0.15) is 0 Å². The van der Waals surface area contributed by atoms with Crippen LogP contribution in [0.25, 0.3) is 0 Å². The van der Waals surface area contributed by atoms with E-state index in [9.17, 15) is 0 Å². The van der Waals surface area contributed by atoms with Gasteiger partial charge in [0.2, 0.25) is 0 Å². The van der Waals surface area contributed by atoms with Crippen molar-refractivity contribution >= 4 is 16.9 Å². The van der Waals surface area contributed by atoms with Crippen LogP contribution in [0, 0.1) is 5.92 Å². The highest BCUT2D eigenvalue weighted by Gasteiger charge is 2.45. The molecule has 0 saturated carbocycles. The molecule has 2 unspecified atom stereocenters. The Balaban J connectivity index is 2.08. The third kappa shape index (κ3) is 1.85. The zero-order chi connectivity index (χ0) is 11.7. The van der Waals surface area contributed by atoms with E-state index in [0.29, 0.717) is 17.7 Å². The molecule has 3 nitrogen and oxygen atoms in total. The SMILES string of the molecule is NC1=NC2(c3ccccc3)COCCC2CS1. The van der Waals surface area contributed by atoms with Crippen LogP contribution in [0.4, 0.5) is 0 Å². The Morgan fingerprint density at radius 1 is 1.35 bits per heavy atom. The van der Waals surface area contributed by atoms with Crippen molar-refractivity contribution in [2.45, 2.75) is 12.0 Å². The summed E-state index contributed by atoms with van der Waals surface area (Å²) in [6.07, 6.45) is 1.07. The molecule has 17 heavy (non-hydrogen) atoms. The summed E-state index contributed by atoms with van der Waals surface area (Å²) in [6, 6.07) is 10.4. The van der Waals surface area contributed by atoms with E-state index < -0.39 is 0 Å². The monoisotopic (exact) mass is 248 g/mol. The number of aliphatic imine (C=N–C) groups is 1. The summed E-state index contributed by atoms with van der Waals surface area (Å²) in [5.41, 5.74) is 6.91. The van der Waals surface area contributed by atoms with Crippen LogP contribution in [0.1, 0.15) is 12.0 Å². The average molecular weight is 248 g/mol. The lowest BCUT2D eigenvalue weighted by Gasteiger charge is -2.43. The Hall–Kier alpha value is -1.00. The second-order valence-electron chi connectivity index (χ2n) is 4.59. The quantitative estimate of drug-likeness (QED) is 0.826. The molecule has 1 fully saturated rings. The first-order valence-electron chi connectivity index (χ1n) is 5.93. The van der Waals surface area contributed by atoms with Crippen LogP contribution in [0.3, 0.4) is 0 Å². The van der Waals surface area contributed by atoms with E-state index in [0.717, 1.165) is 18.8 Å². The fraction of sp³-hybridized carbons (Fsp3) is 0.462. The Kier molecular flexibility index (Phi) is 2.84. The topological polar surface area (TPSA) is 47.6 Å². The first kappa shape index (κ1) is 11.1. The molecule has 2 N–H and O–H groups in total. The molecule has 2 atom stereocenters. The normalized spacial score (nSPS) is 32.7. The van der Waals surface area contributed by atoms with Gasteiger partial charge >= 0.3 is 0 Å². The van der Waals surface area contributed by atoms with Gasteiger partial charge in [0.1, 0.15) is 5.54 Å². The smallest absolute Gasteiger partial charge is 0.154 e. The minimum Gasteiger partial charge on any atom is -0.379 e. The van der Waals surface area contributed by atoms with Gasteiger partial charge < -0.3 is 10.5 Å². The molecule has 1 saturated heterocycles. The van der Waals surface area contributed by atoms with Crippen LogP contribution in [-0.4, -0.2) is 24.1 Å². The van der Waals surface area contributed by atoms with Gasteiger partial charge in [-0.15, -0.1) is 0 Å². The maximum atomic E-state index is 5.92. The van der Waals surface area contributed by atoms with E-state index in [1.807, 2.05) is 6.07 Å². The maximum absolute atomic E-state index is 5.92. The summed E-state index contributed by atoms with van der Waals surface area (Å²) in [7, 11) is 0. The molecule has 0 aliphatic carbocycles. The summed E-state index contributed by atoms with van der Waals surface area (Å²) < 4.78 is 5.67. The van der Waals surface area contributed by atoms with Crippen molar-refractivity contribution in [2.75, 3.05) is 19.0 Å². The molecule has 2 aliphatic rings. The highest BCUT2D eigenvalue weighted by atomic mass is 32.2. The second-order valence-corrected chi connectivity index (χ2v) is 5.63. The fourth-order valence-corrected chi connectivity index (χ4v) is 3.72. The van der Waals surface area contributed by atoms with E-state index in [2.05, 4.69) is 24.3 Å². The molecule has 4 heteroatoms. The Labute approximate surface area is 105 Å². The molecule has 0 bridgehead atoms. The molecule has 1 aromatic rings. The molecular weight excluding hydrogens is 232 g/mol. The maximum Gasteiger partial charge on any atom is 0.154 e. The van der Waals surface area contributed by atoms with Gasteiger partial charge in [0.15, 0.2) is 5.17 Å². The number of benzene rings is 1. The summed E-state index contributed by atoms with van der Waals surface area (Å²) in [6.45, 7) is 1.50. The van der Waals surface area contributed by atoms with Gasteiger partial charge in [0, 0.05) is 18.3 Å². The lowest BCUT2D eigenvalue weighted by atomic mass is 9.77. The van der Waals surface area contributed by atoms with Crippen LogP contribution in [0.15, 0.2) is 35.3 Å². The summed E-state index contributed by atoms with van der Waals surface area (Å²) in [5, 5.41) is 0.690. The van der Waals surface area contributed by atoms with E-state index in [1.165, 1.54) is 5.56 Å². The lowest BCUT2D eigenvalue weighted by Crippen LogP contribution is -2.47. The molecule has 90 valence electrons. The number of fused-ring (bicyclic) bond motifs is 1. The van der Waals surface area contributed by atoms with Gasteiger partial charge in [-0.25, -0.2) is 4.99 Å². The van der Waals surface area contributed by atoms with Crippen LogP contribution in [0.5, 0.6) is 0 Å². The highest BCUT2D eigenvalue weighted by Crippen LogP contribution is 2.44. The first-order valence-corrected chi connectivity index (χ1v) is 6.91. The van der Waals surface area contributed by atoms with E-state index >= 15 is 0 Å². The van der Waals surface area contributed by atoms with Gasteiger partial charge in [-0.1, -0.05) is 42.1 Å². The molecule has 2 aliphatic heterocycles. The average Bonchev–Trinajstić information content (AvgIpc) is 2.39. The van der Waals surface area contributed by atoms with Crippen molar-refractivity contribution in [1.29, 1.82) is 0 Å². The molecule has 0 amide bonds. The molecule has 1 aromatic carbocycles. The van der Waals surface area contributed by atoms with Crippen molar-refractivity contribution in [3.63, 3.8) is 0 Å². The lowest BCUT2D eigenvalue weighted by molar-refractivity contribution is 0.00452. The van der Waals surface area contributed by atoms with Gasteiger partial charge in [0.05, 0.1) is 6.61 Å². The van der Waals surface area contributed by atoms with E-state index in [-0.39, 0.29) is 5.54 Å². The van der Waals surface area contributed by atoms with Crippen molar-refractivity contribution in [3.8, 4) is 0 Å². The van der Waals surface area contributed by atoms with Gasteiger partial charge in [-0.3, -0.25) is 0 Å². The van der Waals surface area contributed by atoms with Crippen LogP contribution >= 0.6 is 11.8 Å². The summed E-state index contributed by atoms with van der Waals surface area (Å²) in [4.78, 5) is 4.74. The van der Waals surface area contributed by atoms with Gasteiger partial charge in [-0.05, 0) is 12.0 Å². The van der Waals surface area contributed by atoms with Crippen LogP contribution in [-0.2, 0) is 10.3 Å². The molecule has 0 radical (unpaired) electrons. The molecular formula is C13H16N2OS. The number of amidine groups is 1. The first-order chi connectivity index (χ1) is 8.31. The number of hydrogen-bond donors (Lipinski definition) is 1. The highest BCUT2D eigenvalue weighted by molar-refractivity contribution is 8.13. The summed E-state index contributed by atoms with van der Waals surface area (Å²) >= 11 is 1.67. The molecule has 2 heterocycles. The number of hydrogen-bond acceptors (Lipinski definition) is 4. The zero-order valence-corrected chi connectivity index (χ0v) is 10.5. The number of ether oxygens (including phenoxy) is 1. The molecule has 0 aromatic heterocycles. The number of nitrogens with zero attached hydrogens (tertiary/aromatic N) is 1. The standard InChI is InChI=1S/C13H16N2OS/c14-12-15-13(10-4-2-1-3-5-10)9-16-7-6-11(13)8-17-12/h1-5,11H,6-9H2,(H2,14,15). The predicted octanol–water partition coefficient (Wildman–Crippen LogP) is 1.98. The minimum absolute atomic E-state index is 0.241. The largest absolute Gasteiger partial charge is 0.379 e. The third-order valence-electron chi connectivity index (χ3n) is 3.62.